The summed E-state index contributed by atoms with van der Waals surface area (Å²) in [6, 6.07) is 24.6. The van der Waals surface area contributed by atoms with Gasteiger partial charge < -0.3 is 9.64 Å². The van der Waals surface area contributed by atoms with Gasteiger partial charge in [0.1, 0.15) is 20.0 Å². The Morgan fingerprint density at radius 2 is 1.57 bits per heavy atom. The van der Waals surface area contributed by atoms with E-state index in [9.17, 15) is 9.59 Å². The number of hydrogen-bond donors (Lipinski definition) is 0. The predicted molar refractivity (Wildman–Crippen MR) is 150 cm³/mol. The molecule has 1 aromatic heterocycles. The quantitative estimate of drug-likeness (QED) is 0.407. The number of para-hydroxylation sites is 2. The van der Waals surface area contributed by atoms with E-state index >= 15 is 0 Å². The molecule has 0 N–H and O–H groups in total. The van der Waals surface area contributed by atoms with E-state index < -0.39 is 0 Å². The highest BCUT2D eigenvalue weighted by Crippen LogP contribution is 2.46. The first-order chi connectivity index (χ1) is 18.0. The standard InChI is InChI=1S/C28H22N4O3S2/c1-17-23(25(33)32(29-17)19-12-8-5-9-13-19)27-31(18-10-6-4-7-11-18)26(34)24(37-27)28-30(2)21-16-20(35-3)14-15-22(21)36-28/h4-16H,1-3H3/b27-23+,28-24-. The van der Waals surface area contributed by atoms with Crippen molar-refractivity contribution in [3.8, 4) is 11.4 Å². The van der Waals surface area contributed by atoms with Crippen LogP contribution in [-0.4, -0.2) is 30.3 Å². The van der Waals surface area contributed by atoms with Crippen molar-refractivity contribution in [2.24, 2.45) is 5.10 Å². The summed E-state index contributed by atoms with van der Waals surface area (Å²) in [5.41, 5.74) is 3.16. The number of aromatic nitrogens is 1. The zero-order valence-corrected chi connectivity index (χ0v) is 22.0. The Balaban J connectivity index is 1.62. The molecule has 0 saturated heterocycles. The van der Waals surface area contributed by atoms with Crippen LogP contribution in [0.1, 0.15) is 6.92 Å². The van der Waals surface area contributed by atoms with Crippen molar-refractivity contribution >= 4 is 56.7 Å². The van der Waals surface area contributed by atoms with Gasteiger partial charge >= 0.3 is 0 Å². The molecule has 0 radical (unpaired) electrons. The number of thiazole rings is 1. The molecule has 2 aliphatic heterocycles. The summed E-state index contributed by atoms with van der Waals surface area (Å²) < 4.78 is 8.16. The highest BCUT2D eigenvalue weighted by atomic mass is 32.2. The van der Waals surface area contributed by atoms with Crippen LogP contribution in [-0.2, 0) is 4.79 Å². The molecule has 37 heavy (non-hydrogen) atoms. The molecule has 0 fully saturated rings. The molecule has 0 atom stereocenters. The van der Waals surface area contributed by atoms with Crippen LogP contribution in [0.2, 0.25) is 0 Å². The highest BCUT2D eigenvalue weighted by Gasteiger charge is 2.32. The van der Waals surface area contributed by atoms with E-state index in [4.69, 9.17) is 4.74 Å². The number of methoxy groups -OCH3 is 1. The Morgan fingerprint density at radius 1 is 0.892 bits per heavy atom. The first kappa shape index (κ1) is 23.3. The number of hydrogen-bond acceptors (Lipinski definition) is 7. The lowest BCUT2D eigenvalue weighted by Crippen LogP contribution is -2.34. The minimum atomic E-state index is -0.258. The van der Waals surface area contributed by atoms with E-state index in [1.54, 1.807) is 18.6 Å². The van der Waals surface area contributed by atoms with E-state index in [0.717, 1.165) is 21.4 Å². The van der Waals surface area contributed by atoms with Crippen molar-refractivity contribution in [1.29, 1.82) is 0 Å². The molecule has 6 rings (SSSR count). The van der Waals surface area contributed by atoms with Gasteiger partial charge in [0.15, 0.2) is 0 Å². The molecule has 9 heteroatoms. The molecule has 4 aromatic rings. The number of benzene rings is 3. The molecule has 3 aromatic carbocycles. The van der Waals surface area contributed by atoms with Gasteiger partial charge in [0, 0.05) is 18.0 Å². The van der Waals surface area contributed by atoms with Gasteiger partial charge in [-0.25, -0.2) is 0 Å². The molecule has 0 aliphatic carbocycles. The molecule has 2 aliphatic rings. The van der Waals surface area contributed by atoms with Crippen molar-refractivity contribution in [3.05, 3.63) is 98.4 Å². The number of ether oxygens (including phenoxy) is 1. The number of rotatable bonds is 3. The number of hydrazone groups is 1. The van der Waals surface area contributed by atoms with Gasteiger partial charge in [-0.05, 0) is 43.3 Å². The normalized spacial score (nSPS) is 17.8. The number of carbonyl (C=O) groups excluding carboxylic acids is 1. The summed E-state index contributed by atoms with van der Waals surface area (Å²) in [4.78, 5) is 30.8. The molecular formula is C28H22N4O3S2. The van der Waals surface area contributed by atoms with Gasteiger partial charge in [-0.15, -0.1) is 11.3 Å². The first-order valence-corrected chi connectivity index (χ1v) is 13.2. The van der Waals surface area contributed by atoms with Crippen LogP contribution in [0, 0.1) is 0 Å². The van der Waals surface area contributed by atoms with Crippen LogP contribution >= 0.6 is 23.1 Å². The van der Waals surface area contributed by atoms with Gasteiger partial charge in [0.05, 0.1) is 35.5 Å². The number of thioether (sulfide) groups is 1. The van der Waals surface area contributed by atoms with Gasteiger partial charge in [-0.2, -0.15) is 10.1 Å². The third-order valence-corrected chi connectivity index (χ3v) is 8.80. The fourth-order valence-corrected chi connectivity index (χ4v) is 6.96. The van der Waals surface area contributed by atoms with Gasteiger partial charge in [0.25, 0.3) is 11.5 Å². The predicted octanol–water partition coefficient (Wildman–Crippen LogP) is 3.79. The molecule has 0 spiro atoms. The maximum Gasteiger partial charge on any atom is 0.283 e. The summed E-state index contributed by atoms with van der Waals surface area (Å²) in [7, 11) is 3.58. The average Bonchev–Trinajstić information content (AvgIpc) is 3.54. The first-order valence-electron chi connectivity index (χ1n) is 11.6. The summed E-state index contributed by atoms with van der Waals surface area (Å²) in [6.45, 7) is 1.81. The summed E-state index contributed by atoms with van der Waals surface area (Å²) in [6.07, 6.45) is 0. The largest absolute Gasteiger partial charge is 0.497 e. The van der Waals surface area contributed by atoms with E-state index in [2.05, 4.69) is 5.10 Å². The minimum Gasteiger partial charge on any atom is -0.497 e. The van der Waals surface area contributed by atoms with Gasteiger partial charge in [0.2, 0.25) is 0 Å². The highest BCUT2D eigenvalue weighted by molar-refractivity contribution is 8.08. The molecule has 7 nitrogen and oxygen atoms in total. The van der Waals surface area contributed by atoms with E-state index in [1.165, 1.54) is 28.1 Å². The zero-order valence-electron chi connectivity index (χ0n) is 20.3. The number of anilines is 2. The van der Waals surface area contributed by atoms with Crippen LogP contribution in [0.4, 0.5) is 11.4 Å². The second-order valence-electron chi connectivity index (χ2n) is 8.53. The van der Waals surface area contributed by atoms with Crippen LogP contribution in [0.5, 0.6) is 5.75 Å². The van der Waals surface area contributed by atoms with Crippen LogP contribution < -0.4 is 29.4 Å². The Bertz CT molecular complexity index is 1760. The van der Waals surface area contributed by atoms with Crippen molar-refractivity contribution < 1.29 is 9.53 Å². The molecule has 0 bridgehead atoms. The minimum absolute atomic E-state index is 0.174. The van der Waals surface area contributed by atoms with Crippen LogP contribution in [0.15, 0.2) is 93.7 Å². The second kappa shape index (κ2) is 9.10. The zero-order chi connectivity index (χ0) is 25.7. The third kappa shape index (κ3) is 3.78. The fraction of sp³-hybridized carbons (Fsp3) is 0.107. The molecule has 184 valence electrons. The molecule has 0 unspecified atom stereocenters. The fourth-order valence-electron chi connectivity index (χ4n) is 4.44. The van der Waals surface area contributed by atoms with Crippen molar-refractivity contribution in [2.75, 3.05) is 24.1 Å². The summed E-state index contributed by atoms with van der Waals surface area (Å²) in [5.74, 6) is 0.493. The monoisotopic (exact) mass is 526 g/mol. The molecule has 0 saturated carbocycles. The lowest BCUT2D eigenvalue weighted by atomic mass is 10.2. The average molecular weight is 527 g/mol. The Labute approximate surface area is 221 Å². The number of carbonyl (C=O) groups is 1. The van der Waals surface area contributed by atoms with Crippen molar-refractivity contribution in [3.63, 3.8) is 0 Å². The summed E-state index contributed by atoms with van der Waals surface area (Å²) in [5, 5.41) is 6.77. The maximum atomic E-state index is 14.0. The maximum absolute atomic E-state index is 14.0. The SMILES string of the molecule is COc1ccc2c(c1)N(C)/C(=c1/s/c(=C3/C(=O)N(c4ccccc4)N=C3C)n(-c3ccccc3)c1=O)S2. The smallest absolute Gasteiger partial charge is 0.283 e. The Kier molecular flexibility index (Phi) is 5.73. The lowest BCUT2D eigenvalue weighted by Gasteiger charge is -2.13. The van der Waals surface area contributed by atoms with E-state index in [1.807, 2.05) is 90.8 Å². The Morgan fingerprint density at radius 3 is 2.24 bits per heavy atom. The Hall–Kier alpha value is -4.08. The molecule has 3 heterocycles. The van der Waals surface area contributed by atoms with Gasteiger partial charge in [-0.3, -0.25) is 14.2 Å². The van der Waals surface area contributed by atoms with E-state index in [0.29, 0.717) is 31.9 Å². The number of fused-ring (bicyclic) bond motifs is 1. The summed E-state index contributed by atoms with van der Waals surface area (Å²) >= 11 is 2.86. The van der Waals surface area contributed by atoms with Gasteiger partial charge in [-0.1, -0.05) is 48.2 Å². The van der Waals surface area contributed by atoms with Crippen LogP contribution in [0.25, 0.3) is 16.3 Å². The third-order valence-electron chi connectivity index (χ3n) is 6.28. The van der Waals surface area contributed by atoms with Crippen molar-refractivity contribution in [2.45, 2.75) is 11.8 Å². The number of nitrogens with zero attached hydrogens (tertiary/aromatic N) is 4. The van der Waals surface area contributed by atoms with E-state index in [-0.39, 0.29) is 11.5 Å². The lowest BCUT2D eigenvalue weighted by molar-refractivity contribution is -0.112. The number of amides is 1. The molecule has 1 amide bonds. The van der Waals surface area contributed by atoms with Crippen molar-refractivity contribution in [1.82, 2.24) is 4.57 Å². The molecular weight excluding hydrogens is 504 g/mol. The van der Waals surface area contributed by atoms with Crippen LogP contribution in [0.3, 0.4) is 0 Å². The second-order valence-corrected chi connectivity index (χ2v) is 10.6. The topological polar surface area (TPSA) is 67.1 Å².